The number of carbonyl (C=O) groups is 1. The van der Waals surface area contributed by atoms with Gasteiger partial charge in [-0.25, -0.2) is 4.79 Å². The number of ether oxygens (including phenoxy) is 2. The van der Waals surface area contributed by atoms with Gasteiger partial charge in [-0.05, 0) is 45.0 Å². The molecule has 0 aliphatic heterocycles. The number of hydrogen-bond acceptors (Lipinski definition) is 3. The number of rotatable bonds is 4. The van der Waals surface area contributed by atoms with E-state index in [4.69, 9.17) is 21.1 Å². The topological polar surface area (TPSA) is 35.5 Å². The van der Waals surface area contributed by atoms with E-state index in [-0.39, 0.29) is 57.4 Å². The molecule has 0 unspecified atom stereocenters. The number of hydrogen-bond donors (Lipinski definition) is 0. The Balaban J connectivity index is 0.00000256. The first-order valence-corrected chi connectivity index (χ1v) is 5.45. The Morgan fingerprint density at radius 2 is 1.82 bits per heavy atom. The van der Waals surface area contributed by atoms with Gasteiger partial charge in [-0.3, -0.25) is 0 Å². The Kier molecular flexibility index (Phi) is 7.95. The predicted molar refractivity (Wildman–Crippen MR) is 69.9 cm³/mol. The molecule has 0 bridgehead atoms. The second kappa shape index (κ2) is 7.76. The quantitative estimate of drug-likeness (QED) is 0.628. The van der Waals surface area contributed by atoms with Crippen LogP contribution in [0.25, 0.3) is 0 Å². The molecule has 0 N–H and O–H groups in total. The average Bonchev–Trinajstić information content (AvgIpc) is 2.21. The van der Waals surface area contributed by atoms with E-state index < -0.39 is 5.60 Å². The van der Waals surface area contributed by atoms with Crippen molar-refractivity contribution in [2.24, 2.45) is 0 Å². The third-order valence-corrected chi connectivity index (χ3v) is 2.21. The summed E-state index contributed by atoms with van der Waals surface area (Å²) < 4.78 is 10.5. The molecule has 5 heteroatoms. The molecule has 90 valence electrons. The maximum atomic E-state index is 11.6. The molecule has 0 aliphatic carbocycles. The zero-order chi connectivity index (χ0) is 12.2. The molecular formula is C12H16ClKO3. The minimum atomic E-state index is -0.996. The summed E-state index contributed by atoms with van der Waals surface area (Å²) in [7, 11) is 0. The van der Waals surface area contributed by atoms with Gasteiger partial charge in [0, 0.05) is 5.02 Å². The Hall–Kier alpha value is 0.416. The summed E-state index contributed by atoms with van der Waals surface area (Å²) in [4.78, 5) is 11.6. The second-order valence-corrected chi connectivity index (χ2v) is 4.22. The Bertz CT molecular complexity index is 363. The van der Waals surface area contributed by atoms with Gasteiger partial charge in [0.05, 0.1) is 6.61 Å². The van der Waals surface area contributed by atoms with E-state index >= 15 is 0 Å². The van der Waals surface area contributed by atoms with Gasteiger partial charge >= 0.3 is 57.4 Å². The van der Waals surface area contributed by atoms with Crippen molar-refractivity contribution >= 4 is 69.0 Å². The Morgan fingerprint density at radius 3 is 2.29 bits per heavy atom. The molecule has 3 nitrogen and oxygen atoms in total. The van der Waals surface area contributed by atoms with Crippen molar-refractivity contribution in [1.82, 2.24) is 0 Å². The fourth-order valence-corrected chi connectivity index (χ4v) is 1.27. The molecule has 0 radical (unpaired) electrons. The number of esters is 1. The molecule has 0 aliphatic rings. The zero-order valence-electron chi connectivity index (χ0n) is 9.62. The van der Waals surface area contributed by atoms with E-state index in [9.17, 15) is 4.79 Å². The van der Waals surface area contributed by atoms with Gasteiger partial charge in [-0.15, -0.1) is 0 Å². The summed E-state index contributed by atoms with van der Waals surface area (Å²) in [6.07, 6.45) is 0. The first-order valence-electron chi connectivity index (χ1n) is 5.07. The molecule has 0 saturated carbocycles. The third kappa shape index (κ3) is 5.72. The van der Waals surface area contributed by atoms with Crippen molar-refractivity contribution in [3.05, 3.63) is 29.3 Å². The Morgan fingerprint density at radius 1 is 1.29 bits per heavy atom. The van der Waals surface area contributed by atoms with Crippen molar-refractivity contribution in [1.29, 1.82) is 0 Å². The normalized spacial score (nSPS) is 10.4. The molecule has 0 saturated heterocycles. The van der Waals surface area contributed by atoms with Crippen LogP contribution in [0.1, 0.15) is 20.8 Å². The molecule has 0 amide bonds. The van der Waals surface area contributed by atoms with Gasteiger partial charge in [0.1, 0.15) is 5.75 Å². The van der Waals surface area contributed by atoms with Crippen LogP contribution in [0.5, 0.6) is 5.75 Å². The van der Waals surface area contributed by atoms with Crippen LogP contribution >= 0.6 is 11.6 Å². The van der Waals surface area contributed by atoms with Crippen LogP contribution in [-0.4, -0.2) is 69.6 Å². The SMILES string of the molecule is CCOC(=O)C(C)(C)Oc1ccc(Cl)cc1.[KH]. The maximum absolute atomic E-state index is 11.6. The molecule has 0 heterocycles. The van der Waals surface area contributed by atoms with Crippen molar-refractivity contribution in [2.45, 2.75) is 26.4 Å². The summed E-state index contributed by atoms with van der Waals surface area (Å²) in [6.45, 7) is 5.43. The van der Waals surface area contributed by atoms with Crippen LogP contribution in [0.2, 0.25) is 5.02 Å². The van der Waals surface area contributed by atoms with Gasteiger partial charge in [-0.2, -0.15) is 0 Å². The molecule has 0 spiro atoms. The van der Waals surface area contributed by atoms with Crippen LogP contribution in [0.4, 0.5) is 0 Å². The van der Waals surface area contributed by atoms with Crippen molar-refractivity contribution < 1.29 is 14.3 Å². The van der Waals surface area contributed by atoms with Gasteiger partial charge < -0.3 is 9.47 Å². The fraction of sp³-hybridized carbons (Fsp3) is 0.417. The molecule has 1 aromatic carbocycles. The fourth-order valence-electron chi connectivity index (χ4n) is 1.14. The van der Waals surface area contributed by atoms with Gasteiger partial charge in [-0.1, -0.05) is 11.6 Å². The van der Waals surface area contributed by atoms with Crippen LogP contribution in [0.3, 0.4) is 0 Å². The first kappa shape index (κ1) is 17.4. The number of halogens is 1. The molecule has 0 aromatic heterocycles. The van der Waals surface area contributed by atoms with Crippen LogP contribution in [0.15, 0.2) is 24.3 Å². The predicted octanol–water partition coefficient (Wildman–Crippen LogP) is 2.41. The molecular weight excluding hydrogens is 267 g/mol. The summed E-state index contributed by atoms with van der Waals surface area (Å²) in [5, 5.41) is 0.626. The molecule has 1 rings (SSSR count). The molecule has 1 aromatic rings. The van der Waals surface area contributed by atoms with Crippen LogP contribution < -0.4 is 4.74 Å². The monoisotopic (exact) mass is 282 g/mol. The van der Waals surface area contributed by atoms with Crippen LogP contribution in [0, 0.1) is 0 Å². The number of carbonyl (C=O) groups excluding carboxylic acids is 1. The van der Waals surface area contributed by atoms with Crippen molar-refractivity contribution in [2.75, 3.05) is 6.61 Å². The van der Waals surface area contributed by atoms with E-state index in [1.807, 2.05) is 0 Å². The van der Waals surface area contributed by atoms with Gasteiger partial charge in [0.15, 0.2) is 5.60 Å². The molecule has 0 fully saturated rings. The summed E-state index contributed by atoms with van der Waals surface area (Å²) in [5.74, 6) is 0.201. The van der Waals surface area contributed by atoms with Crippen molar-refractivity contribution in [3.8, 4) is 5.75 Å². The zero-order valence-corrected chi connectivity index (χ0v) is 10.4. The second-order valence-electron chi connectivity index (χ2n) is 3.79. The van der Waals surface area contributed by atoms with E-state index in [2.05, 4.69) is 0 Å². The van der Waals surface area contributed by atoms with E-state index in [0.717, 1.165) is 0 Å². The Labute approximate surface area is 149 Å². The van der Waals surface area contributed by atoms with Gasteiger partial charge in [0.25, 0.3) is 0 Å². The van der Waals surface area contributed by atoms with E-state index in [0.29, 0.717) is 17.4 Å². The number of benzene rings is 1. The summed E-state index contributed by atoms with van der Waals surface area (Å²) in [6, 6.07) is 6.84. The average molecular weight is 283 g/mol. The summed E-state index contributed by atoms with van der Waals surface area (Å²) >= 11 is 5.75. The van der Waals surface area contributed by atoms with Crippen molar-refractivity contribution in [3.63, 3.8) is 0 Å². The molecule has 17 heavy (non-hydrogen) atoms. The van der Waals surface area contributed by atoms with Crippen LogP contribution in [-0.2, 0) is 9.53 Å². The van der Waals surface area contributed by atoms with Gasteiger partial charge in [0.2, 0.25) is 0 Å². The standard InChI is InChI=1S/C12H15ClO3.K.H/c1-4-15-11(14)12(2,3)16-10-7-5-9(13)6-8-10;;/h5-8H,4H2,1-3H3;;. The van der Waals surface area contributed by atoms with E-state index in [1.54, 1.807) is 45.0 Å². The van der Waals surface area contributed by atoms with E-state index in [1.165, 1.54) is 0 Å². The first-order chi connectivity index (χ1) is 7.45. The minimum absolute atomic E-state index is 0. The third-order valence-electron chi connectivity index (χ3n) is 1.95. The molecule has 0 atom stereocenters. The summed E-state index contributed by atoms with van der Waals surface area (Å²) in [5.41, 5.74) is -0.996.